The van der Waals surface area contributed by atoms with Crippen molar-refractivity contribution >= 4 is 5.95 Å². The second-order valence-corrected chi connectivity index (χ2v) is 3.63. The largest absolute Gasteiger partial charge is 0.464 e. The van der Waals surface area contributed by atoms with Gasteiger partial charge in [0.1, 0.15) is 0 Å². The fourth-order valence-electron chi connectivity index (χ4n) is 1.45. The lowest BCUT2D eigenvalue weighted by Crippen LogP contribution is -2.07. The lowest BCUT2D eigenvalue weighted by molar-refractivity contribution is 0.312. The molecule has 0 aliphatic rings. The van der Waals surface area contributed by atoms with E-state index in [9.17, 15) is 0 Å². The van der Waals surface area contributed by atoms with Crippen molar-refractivity contribution < 1.29 is 4.74 Å². The summed E-state index contributed by atoms with van der Waals surface area (Å²) in [5.74, 6) is 1.06. The van der Waals surface area contributed by atoms with Crippen molar-refractivity contribution in [1.82, 2.24) is 24.7 Å². The maximum atomic E-state index is 5.33. The normalized spacial score (nSPS) is 10.4. The molecule has 0 fully saturated rings. The summed E-state index contributed by atoms with van der Waals surface area (Å²) in [5.41, 5.74) is 0.833. The highest BCUT2D eigenvalue weighted by Gasteiger charge is 2.10. The van der Waals surface area contributed by atoms with Gasteiger partial charge in [0.15, 0.2) is 5.82 Å². The van der Waals surface area contributed by atoms with E-state index in [0.717, 1.165) is 12.1 Å². The van der Waals surface area contributed by atoms with Crippen molar-refractivity contribution in [3.63, 3.8) is 0 Å². The Balaban J connectivity index is 2.39. The lowest BCUT2D eigenvalue weighted by Gasteiger charge is -2.06. The van der Waals surface area contributed by atoms with Crippen molar-refractivity contribution in [2.24, 2.45) is 7.05 Å². The molecule has 2 aromatic rings. The van der Waals surface area contributed by atoms with E-state index in [1.165, 1.54) is 0 Å². The summed E-state index contributed by atoms with van der Waals surface area (Å²) in [5, 5.41) is 7.15. The molecule has 0 bridgehead atoms. The second-order valence-electron chi connectivity index (χ2n) is 3.63. The fourth-order valence-corrected chi connectivity index (χ4v) is 1.45. The third kappa shape index (κ3) is 2.73. The number of nitrogens with one attached hydrogen (secondary N) is 1. The van der Waals surface area contributed by atoms with Gasteiger partial charge in [-0.15, -0.1) is 0 Å². The summed E-state index contributed by atoms with van der Waals surface area (Å²) in [6, 6.07) is 0.322. The molecule has 2 aromatic heterocycles. The zero-order valence-corrected chi connectivity index (χ0v) is 10.7. The monoisotopic (exact) mass is 248 g/mol. The van der Waals surface area contributed by atoms with Crippen molar-refractivity contribution in [3.8, 4) is 17.4 Å². The third-order valence-electron chi connectivity index (χ3n) is 2.19. The molecule has 1 N–H and O–H groups in total. The van der Waals surface area contributed by atoms with Crippen LogP contribution in [0, 0.1) is 0 Å². The van der Waals surface area contributed by atoms with Crippen LogP contribution in [-0.4, -0.2) is 37.9 Å². The highest BCUT2D eigenvalue weighted by atomic mass is 16.5. The van der Waals surface area contributed by atoms with Crippen LogP contribution < -0.4 is 10.1 Å². The molecule has 2 heterocycles. The van der Waals surface area contributed by atoms with Gasteiger partial charge in [-0.25, -0.2) is 0 Å². The van der Waals surface area contributed by atoms with Crippen molar-refractivity contribution in [2.75, 3.05) is 18.5 Å². The van der Waals surface area contributed by atoms with Crippen LogP contribution >= 0.6 is 0 Å². The minimum atomic E-state index is 0.322. The molecular formula is C11H16N6O. The summed E-state index contributed by atoms with van der Waals surface area (Å²) in [6.07, 6.45) is 3.56. The third-order valence-corrected chi connectivity index (χ3v) is 2.19. The Morgan fingerprint density at radius 2 is 2.11 bits per heavy atom. The molecule has 0 aliphatic carbocycles. The minimum absolute atomic E-state index is 0.322. The van der Waals surface area contributed by atoms with Crippen molar-refractivity contribution in [3.05, 3.63) is 12.4 Å². The molecule has 2 rings (SSSR count). The average molecular weight is 248 g/mol. The van der Waals surface area contributed by atoms with Gasteiger partial charge in [-0.05, 0) is 13.8 Å². The lowest BCUT2D eigenvalue weighted by atomic mass is 10.3. The number of hydrogen-bond acceptors (Lipinski definition) is 6. The first-order valence-electron chi connectivity index (χ1n) is 5.84. The Hall–Kier alpha value is -2.18. The quantitative estimate of drug-likeness (QED) is 0.853. The topological polar surface area (TPSA) is 77.8 Å². The van der Waals surface area contributed by atoms with Gasteiger partial charge in [0.25, 0.3) is 0 Å². The van der Waals surface area contributed by atoms with E-state index < -0.39 is 0 Å². The van der Waals surface area contributed by atoms with Crippen molar-refractivity contribution in [2.45, 2.75) is 13.8 Å². The van der Waals surface area contributed by atoms with Crippen LogP contribution in [0.1, 0.15) is 13.8 Å². The molecule has 0 aliphatic heterocycles. The van der Waals surface area contributed by atoms with E-state index in [-0.39, 0.29) is 0 Å². The van der Waals surface area contributed by atoms with Crippen LogP contribution in [0.25, 0.3) is 11.4 Å². The summed E-state index contributed by atoms with van der Waals surface area (Å²) < 4.78 is 7.03. The zero-order chi connectivity index (χ0) is 13.0. The van der Waals surface area contributed by atoms with Crippen LogP contribution in [0.3, 0.4) is 0 Å². The Bertz CT molecular complexity index is 500. The second kappa shape index (κ2) is 5.44. The predicted molar refractivity (Wildman–Crippen MR) is 67.4 cm³/mol. The van der Waals surface area contributed by atoms with Gasteiger partial charge in [0, 0.05) is 19.8 Å². The average Bonchev–Trinajstić information content (AvgIpc) is 2.76. The molecule has 0 amide bonds. The standard InChI is InChI=1S/C11H16N6O/c1-4-12-10-14-9(8-6-13-17(3)7-8)15-11(16-10)18-5-2/h6-7H,4-5H2,1-3H3,(H,12,14,15,16). The molecule has 0 aromatic carbocycles. The van der Waals surface area contributed by atoms with E-state index in [2.05, 4.69) is 25.4 Å². The molecule has 0 atom stereocenters. The maximum absolute atomic E-state index is 5.33. The van der Waals surface area contributed by atoms with Gasteiger partial charge in [0.2, 0.25) is 5.95 Å². The van der Waals surface area contributed by atoms with Crippen LogP contribution in [0.15, 0.2) is 12.4 Å². The summed E-state index contributed by atoms with van der Waals surface area (Å²) >= 11 is 0. The number of anilines is 1. The molecular weight excluding hydrogens is 232 g/mol. The van der Waals surface area contributed by atoms with Crippen molar-refractivity contribution in [1.29, 1.82) is 0 Å². The number of nitrogens with zero attached hydrogens (tertiary/aromatic N) is 5. The summed E-state index contributed by atoms with van der Waals surface area (Å²) in [6.45, 7) is 5.12. The first-order valence-corrected chi connectivity index (χ1v) is 5.84. The highest BCUT2D eigenvalue weighted by Crippen LogP contribution is 2.17. The first kappa shape index (κ1) is 12.3. The number of aryl methyl sites for hydroxylation is 1. The van der Waals surface area contributed by atoms with Gasteiger partial charge in [-0.1, -0.05) is 0 Å². The zero-order valence-electron chi connectivity index (χ0n) is 10.7. The molecule has 96 valence electrons. The Kier molecular flexibility index (Phi) is 3.71. The molecule has 7 nitrogen and oxygen atoms in total. The number of ether oxygens (including phenoxy) is 1. The Morgan fingerprint density at radius 3 is 2.72 bits per heavy atom. The molecule has 0 spiro atoms. The van der Waals surface area contributed by atoms with Gasteiger partial charge in [-0.3, -0.25) is 4.68 Å². The number of rotatable bonds is 5. The van der Waals surface area contributed by atoms with E-state index in [1.807, 2.05) is 27.1 Å². The Morgan fingerprint density at radius 1 is 1.28 bits per heavy atom. The van der Waals surface area contributed by atoms with E-state index in [1.54, 1.807) is 10.9 Å². The SMILES string of the molecule is CCNc1nc(OCC)nc(-c2cnn(C)c2)n1. The van der Waals surface area contributed by atoms with Crippen LogP contribution in [0.4, 0.5) is 5.95 Å². The van der Waals surface area contributed by atoms with Crippen LogP contribution in [0.5, 0.6) is 6.01 Å². The van der Waals surface area contributed by atoms with Gasteiger partial charge >= 0.3 is 6.01 Å². The maximum Gasteiger partial charge on any atom is 0.321 e. The Labute approximate surface area is 105 Å². The van der Waals surface area contributed by atoms with E-state index >= 15 is 0 Å². The number of aromatic nitrogens is 5. The summed E-state index contributed by atoms with van der Waals surface area (Å²) in [4.78, 5) is 12.7. The molecule has 0 saturated carbocycles. The molecule has 7 heteroatoms. The highest BCUT2D eigenvalue weighted by molar-refractivity contribution is 5.54. The van der Waals surface area contributed by atoms with Gasteiger partial charge in [0.05, 0.1) is 18.4 Å². The molecule has 0 radical (unpaired) electrons. The van der Waals surface area contributed by atoms with E-state index in [4.69, 9.17) is 4.74 Å². The van der Waals surface area contributed by atoms with Gasteiger partial charge < -0.3 is 10.1 Å². The molecule has 18 heavy (non-hydrogen) atoms. The fraction of sp³-hybridized carbons (Fsp3) is 0.455. The predicted octanol–water partition coefficient (Wildman–Crippen LogP) is 1.10. The van der Waals surface area contributed by atoms with Gasteiger partial charge in [-0.2, -0.15) is 20.1 Å². The minimum Gasteiger partial charge on any atom is -0.464 e. The van der Waals surface area contributed by atoms with Crippen LogP contribution in [-0.2, 0) is 7.05 Å². The number of hydrogen-bond donors (Lipinski definition) is 1. The smallest absolute Gasteiger partial charge is 0.321 e. The molecule has 0 unspecified atom stereocenters. The van der Waals surface area contributed by atoms with Crippen LogP contribution in [0.2, 0.25) is 0 Å². The first-order chi connectivity index (χ1) is 8.72. The summed E-state index contributed by atoms with van der Waals surface area (Å²) in [7, 11) is 1.85. The molecule has 0 saturated heterocycles. The van der Waals surface area contributed by atoms with E-state index in [0.29, 0.717) is 24.4 Å².